The highest BCUT2D eigenvalue weighted by Gasteiger charge is 2.25. The Bertz CT molecular complexity index is 366. The van der Waals surface area contributed by atoms with E-state index in [0.717, 1.165) is 25.9 Å². The maximum atomic E-state index is 13.8. The highest BCUT2D eigenvalue weighted by atomic mass is 79.9. The van der Waals surface area contributed by atoms with Gasteiger partial charge in [0.25, 0.3) is 0 Å². The third-order valence-corrected chi connectivity index (χ3v) is 3.57. The van der Waals surface area contributed by atoms with Gasteiger partial charge in [-0.3, -0.25) is 0 Å². The molecule has 1 aliphatic heterocycles. The van der Waals surface area contributed by atoms with Gasteiger partial charge in [0, 0.05) is 12.2 Å². The first kappa shape index (κ1) is 12.0. The smallest absolute Gasteiger partial charge is 0.142 e. The molecule has 0 amide bonds. The molecule has 1 aromatic carbocycles. The molecule has 16 heavy (non-hydrogen) atoms. The second-order valence-corrected chi connectivity index (χ2v) is 4.93. The zero-order chi connectivity index (χ0) is 11.5. The molecule has 0 radical (unpaired) electrons. The average molecular weight is 288 g/mol. The molecule has 0 aromatic heterocycles. The molecule has 2 rings (SSSR count). The molecule has 0 bridgehead atoms. The monoisotopic (exact) mass is 287 g/mol. The maximum Gasteiger partial charge on any atom is 0.142 e. The Morgan fingerprint density at radius 3 is 2.94 bits per heavy atom. The highest BCUT2D eigenvalue weighted by molar-refractivity contribution is 9.10. The van der Waals surface area contributed by atoms with Gasteiger partial charge in [0.1, 0.15) is 5.82 Å². The molecular weight excluding hydrogens is 273 g/mol. The van der Waals surface area contributed by atoms with E-state index in [1.165, 1.54) is 0 Å². The summed E-state index contributed by atoms with van der Waals surface area (Å²) in [5, 5.41) is 0. The summed E-state index contributed by atoms with van der Waals surface area (Å²) in [4.78, 5) is 0. The summed E-state index contributed by atoms with van der Waals surface area (Å²) >= 11 is 3.17. The summed E-state index contributed by atoms with van der Waals surface area (Å²) in [6.07, 6.45) is 3.03. The topological polar surface area (TPSA) is 35.2 Å². The first-order valence-corrected chi connectivity index (χ1v) is 6.30. The molecular formula is C12H15BrFNO. The van der Waals surface area contributed by atoms with Crippen molar-refractivity contribution in [2.75, 3.05) is 6.61 Å². The van der Waals surface area contributed by atoms with Crippen LogP contribution in [0.5, 0.6) is 0 Å². The van der Waals surface area contributed by atoms with Crippen LogP contribution < -0.4 is 5.73 Å². The van der Waals surface area contributed by atoms with Gasteiger partial charge >= 0.3 is 0 Å². The van der Waals surface area contributed by atoms with E-state index in [-0.39, 0.29) is 18.0 Å². The minimum absolute atomic E-state index is 0.0578. The van der Waals surface area contributed by atoms with Crippen molar-refractivity contribution in [3.8, 4) is 0 Å². The standard InChI is InChI=1S/C12H15BrFNO/c13-9-5-3-4-8(11(9)14)12(15)10-6-1-2-7-16-10/h3-5,10,12H,1-2,6-7,15H2. The van der Waals surface area contributed by atoms with Gasteiger partial charge in [-0.05, 0) is 41.3 Å². The number of halogens is 2. The van der Waals surface area contributed by atoms with Gasteiger partial charge in [0.2, 0.25) is 0 Å². The minimum Gasteiger partial charge on any atom is -0.376 e. The van der Waals surface area contributed by atoms with Crippen molar-refractivity contribution in [1.82, 2.24) is 0 Å². The fraction of sp³-hybridized carbons (Fsp3) is 0.500. The van der Waals surface area contributed by atoms with Crippen molar-refractivity contribution in [3.05, 3.63) is 34.1 Å². The van der Waals surface area contributed by atoms with Crippen LogP contribution in [0.15, 0.2) is 22.7 Å². The van der Waals surface area contributed by atoms with Crippen LogP contribution in [0, 0.1) is 5.82 Å². The molecule has 2 nitrogen and oxygen atoms in total. The second kappa shape index (κ2) is 5.25. The van der Waals surface area contributed by atoms with Crippen LogP contribution in [0.2, 0.25) is 0 Å². The summed E-state index contributed by atoms with van der Waals surface area (Å²) in [7, 11) is 0. The Balaban J connectivity index is 2.19. The van der Waals surface area contributed by atoms with Gasteiger partial charge in [-0.25, -0.2) is 4.39 Å². The van der Waals surface area contributed by atoms with E-state index in [9.17, 15) is 4.39 Å². The van der Waals surface area contributed by atoms with Gasteiger partial charge in [-0.2, -0.15) is 0 Å². The van der Waals surface area contributed by atoms with E-state index in [2.05, 4.69) is 15.9 Å². The molecule has 2 unspecified atom stereocenters. The zero-order valence-electron chi connectivity index (χ0n) is 8.96. The molecule has 0 spiro atoms. The highest BCUT2D eigenvalue weighted by Crippen LogP contribution is 2.28. The normalized spacial score (nSPS) is 23.1. The molecule has 1 saturated heterocycles. The lowest BCUT2D eigenvalue weighted by Crippen LogP contribution is -2.32. The lowest BCUT2D eigenvalue weighted by atomic mass is 9.96. The summed E-state index contributed by atoms with van der Waals surface area (Å²) < 4.78 is 19.9. The largest absolute Gasteiger partial charge is 0.376 e. The molecule has 1 aromatic rings. The van der Waals surface area contributed by atoms with Gasteiger partial charge < -0.3 is 10.5 Å². The van der Waals surface area contributed by atoms with Crippen molar-refractivity contribution in [2.45, 2.75) is 31.4 Å². The van der Waals surface area contributed by atoms with Crippen LogP contribution in [0.3, 0.4) is 0 Å². The Hall–Kier alpha value is -0.450. The number of nitrogens with two attached hydrogens (primary N) is 1. The minimum atomic E-state index is -0.377. The van der Waals surface area contributed by atoms with Crippen molar-refractivity contribution < 1.29 is 9.13 Å². The predicted octanol–water partition coefficient (Wildman–Crippen LogP) is 3.16. The summed E-state index contributed by atoms with van der Waals surface area (Å²) in [6.45, 7) is 0.730. The quantitative estimate of drug-likeness (QED) is 0.907. The summed E-state index contributed by atoms with van der Waals surface area (Å²) in [6, 6.07) is 4.82. The van der Waals surface area contributed by atoms with Crippen LogP contribution in [0.25, 0.3) is 0 Å². The van der Waals surface area contributed by atoms with Crippen molar-refractivity contribution >= 4 is 15.9 Å². The Morgan fingerprint density at radius 1 is 1.44 bits per heavy atom. The van der Waals surface area contributed by atoms with Gasteiger partial charge in [0.15, 0.2) is 0 Å². The van der Waals surface area contributed by atoms with Crippen LogP contribution in [-0.4, -0.2) is 12.7 Å². The molecule has 1 fully saturated rings. The van der Waals surface area contributed by atoms with E-state index in [1.54, 1.807) is 18.2 Å². The van der Waals surface area contributed by atoms with E-state index in [4.69, 9.17) is 10.5 Å². The first-order valence-electron chi connectivity index (χ1n) is 5.51. The molecule has 2 N–H and O–H groups in total. The lowest BCUT2D eigenvalue weighted by molar-refractivity contribution is -0.000638. The predicted molar refractivity (Wildman–Crippen MR) is 64.6 cm³/mol. The van der Waals surface area contributed by atoms with Crippen molar-refractivity contribution in [3.63, 3.8) is 0 Å². The SMILES string of the molecule is NC(c1cccc(Br)c1F)C1CCCCO1. The number of hydrogen-bond acceptors (Lipinski definition) is 2. The molecule has 4 heteroatoms. The number of ether oxygens (including phenoxy) is 1. The van der Waals surface area contributed by atoms with Crippen molar-refractivity contribution in [2.24, 2.45) is 5.73 Å². The van der Waals surface area contributed by atoms with Crippen molar-refractivity contribution in [1.29, 1.82) is 0 Å². The molecule has 0 saturated carbocycles. The lowest BCUT2D eigenvalue weighted by Gasteiger charge is -2.28. The molecule has 1 aliphatic rings. The zero-order valence-corrected chi connectivity index (χ0v) is 10.5. The average Bonchev–Trinajstić information content (AvgIpc) is 2.33. The van der Waals surface area contributed by atoms with E-state index >= 15 is 0 Å². The number of hydrogen-bond donors (Lipinski definition) is 1. The van der Waals surface area contributed by atoms with Gasteiger partial charge in [-0.1, -0.05) is 12.1 Å². The molecule has 1 heterocycles. The van der Waals surface area contributed by atoms with E-state index in [0.29, 0.717) is 10.0 Å². The Labute approximate surface area is 103 Å². The van der Waals surface area contributed by atoms with Crippen LogP contribution in [0.1, 0.15) is 30.9 Å². The molecule has 0 aliphatic carbocycles. The fourth-order valence-electron chi connectivity index (χ4n) is 2.03. The second-order valence-electron chi connectivity index (χ2n) is 4.07. The Kier molecular flexibility index (Phi) is 3.95. The maximum absolute atomic E-state index is 13.8. The van der Waals surface area contributed by atoms with Crippen LogP contribution >= 0.6 is 15.9 Å². The molecule has 2 atom stereocenters. The summed E-state index contributed by atoms with van der Waals surface area (Å²) in [5.74, 6) is -0.274. The Morgan fingerprint density at radius 2 is 2.25 bits per heavy atom. The van der Waals surface area contributed by atoms with Crippen LogP contribution in [-0.2, 0) is 4.74 Å². The van der Waals surface area contributed by atoms with Gasteiger partial charge in [0.05, 0.1) is 16.6 Å². The number of rotatable bonds is 2. The van der Waals surface area contributed by atoms with Crippen LogP contribution in [0.4, 0.5) is 4.39 Å². The first-order chi connectivity index (χ1) is 7.70. The third kappa shape index (κ3) is 2.44. The third-order valence-electron chi connectivity index (χ3n) is 2.96. The van der Waals surface area contributed by atoms with E-state index in [1.807, 2.05) is 0 Å². The molecule has 88 valence electrons. The summed E-state index contributed by atoms with van der Waals surface area (Å²) in [5.41, 5.74) is 6.58. The fourth-order valence-corrected chi connectivity index (χ4v) is 2.41. The number of benzene rings is 1. The van der Waals surface area contributed by atoms with E-state index < -0.39 is 0 Å². The van der Waals surface area contributed by atoms with Gasteiger partial charge in [-0.15, -0.1) is 0 Å².